The maximum absolute atomic E-state index is 13.0. The van der Waals surface area contributed by atoms with Crippen molar-refractivity contribution < 1.29 is 40.2 Å². The fraction of sp³-hybridized carbons (Fsp3) is 0.900. The van der Waals surface area contributed by atoms with Crippen LogP contribution in [-0.4, -0.2) is 91.9 Å². The Hall–Kier alpha value is -1.33. The number of carbonyl (C=O) groups excluding carboxylic acids is 1. The number of aliphatic hydroxyl groups excluding tert-OH is 6. The van der Waals surface area contributed by atoms with Gasteiger partial charge in [-0.3, -0.25) is 4.79 Å². The molecule has 1 rings (SSSR count). The molecule has 2 unspecified atom stereocenters. The number of aliphatic hydroxyl groups is 6. The number of carbonyl (C=O) groups is 1. The highest BCUT2D eigenvalue weighted by Crippen LogP contribution is 2.23. The Labute approximate surface area is 362 Å². The molecule has 9 heteroatoms. The molecular weight excluding hydrogens is 743 g/mol. The zero-order valence-corrected chi connectivity index (χ0v) is 38.2. The Balaban J connectivity index is 2.24. The van der Waals surface area contributed by atoms with E-state index < -0.39 is 55.4 Å². The van der Waals surface area contributed by atoms with Crippen LogP contribution in [-0.2, 0) is 9.53 Å². The van der Waals surface area contributed by atoms with Crippen molar-refractivity contribution in [1.29, 1.82) is 0 Å². The molecule has 0 saturated carbocycles. The molecule has 8 atom stereocenters. The lowest BCUT2D eigenvalue weighted by molar-refractivity contribution is -0.216. The molecule has 0 aromatic heterocycles. The molecule has 0 radical (unpaired) electrons. The van der Waals surface area contributed by atoms with Crippen molar-refractivity contribution in [1.82, 2.24) is 5.32 Å². The van der Waals surface area contributed by atoms with E-state index >= 15 is 0 Å². The predicted molar refractivity (Wildman–Crippen MR) is 244 cm³/mol. The Morgan fingerprint density at radius 3 is 1.41 bits per heavy atom. The summed E-state index contributed by atoms with van der Waals surface area (Å²) in [6.07, 6.45) is 39.3. The molecule has 0 aromatic carbocycles. The van der Waals surface area contributed by atoms with Crippen molar-refractivity contribution in [3.63, 3.8) is 0 Å². The van der Waals surface area contributed by atoms with E-state index in [0.29, 0.717) is 12.8 Å². The normalized spacial score (nSPS) is 21.4. The molecule has 1 heterocycles. The van der Waals surface area contributed by atoms with Crippen molar-refractivity contribution in [3.8, 4) is 0 Å². The number of allylic oxidation sites excluding steroid dienone is 2. The molecule has 7 N–H and O–H groups in total. The van der Waals surface area contributed by atoms with Crippen LogP contribution in [0.1, 0.15) is 232 Å². The fourth-order valence-electron chi connectivity index (χ4n) is 8.22. The second kappa shape index (κ2) is 39.5. The SMILES string of the molecule is CCCCCCCCCCCCCCCCCC/C=C\CCCCCCCCC(=O)N[C@@H](/C=C/[C@H]1OC(CO)[C@H](O)[C@H](O)C1O)[C@H](O)[C@H](O)CCCCCCCCCC. The second-order valence-electron chi connectivity index (χ2n) is 17.8. The quantitative estimate of drug-likeness (QED) is 0.0237. The Morgan fingerprint density at radius 1 is 0.559 bits per heavy atom. The summed E-state index contributed by atoms with van der Waals surface area (Å²) in [6.45, 7) is 3.93. The Kier molecular flexibility index (Phi) is 37.3. The summed E-state index contributed by atoms with van der Waals surface area (Å²) in [7, 11) is 0. The van der Waals surface area contributed by atoms with Crippen molar-refractivity contribution in [2.75, 3.05) is 6.61 Å². The van der Waals surface area contributed by atoms with E-state index in [-0.39, 0.29) is 5.91 Å². The topological polar surface area (TPSA) is 160 Å². The van der Waals surface area contributed by atoms with Gasteiger partial charge in [-0.2, -0.15) is 0 Å². The van der Waals surface area contributed by atoms with E-state index in [0.717, 1.165) is 57.8 Å². The number of amides is 1. The van der Waals surface area contributed by atoms with Crippen LogP contribution in [0.3, 0.4) is 0 Å². The van der Waals surface area contributed by atoms with Gasteiger partial charge in [0.1, 0.15) is 36.6 Å². The zero-order valence-electron chi connectivity index (χ0n) is 38.2. The summed E-state index contributed by atoms with van der Waals surface area (Å²) < 4.78 is 5.58. The van der Waals surface area contributed by atoms with Crippen LogP contribution in [0.15, 0.2) is 24.3 Å². The van der Waals surface area contributed by atoms with E-state index in [1.165, 1.54) is 160 Å². The number of hydrogen-bond donors (Lipinski definition) is 7. The number of rotatable bonds is 41. The number of hydrogen-bond acceptors (Lipinski definition) is 8. The van der Waals surface area contributed by atoms with Gasteiger partial charge in [-0.1, -0.05) is 212 Å². The molecule has 59 heavy (non-hydrogen) atoms. The van der Waals surface area contributed by atoms with E-state index in [4.69, 9.17) is 4.74 Å². The third-order valence-electron chi connectivity index (χ3n) is 12.3. The Bertz CT molecular complexity index is 992. The fourth-order valence-corrected chi connectivity index (χ4v) is 8.22. The monoisotopic (exact) mass is 838 g/mol. The maximum atomic E-state index is 13.0. The lowest BCUT2D eigenvalue weighted by Crippen LogP contribution is -2.58. The van der Waals surface area contributed by atoms with Gasteiger partial charge in [-0.15, -0.1) is 0 Å². The van der Waals surface area contributed by atoms with Gasteiger partial charge in [0.2, 0.25) is 5.91 Å². The summed E-state index contributed by atoms with van der Waals surface area (Å²) >= 11 is 0. The number of unbranched alkanes of at least 4 members (excludes halogenated alkanes) is 29. The van der Waals surface area contributed by atoms with E-state index in [1.54, 1.807) is 0 Å². The minimum Gasteiger partial charge on any atom is -0.394 e. The minimum atomic E-state index is -1.53. The minimum absolute atomic E-state index is 0.235. The first-order valence-corrected chi connectivity index (χ1v) is 25.1. The third-order valence-corrected chi connectivity index (χ3v) is 12.3. The highest BCUT2D eigenvalue weighted by atomic mass is 16.5. The van der Waals surface area contributed by atoms with Crippen LogP contribution in [0, 0.1) is 0 Å². The van der Waals surface area contributed by atoms with Crippen LogP contribution in [0.4, 0.5) is 0 Å². The average molecular weight is 838 g/mol. The lowest BCUT2D eigenvalue weighted by Gasteiger charge is -2.39. The first-order valence-electron chi connectivity index (χ1n) is 25.1. The summed E-state index contributed by atoms with van der Waals surface area (Å²) in [6, 6.07) is -0.948. The molecule has 9 nitrogen and oxygen atoms in total. The lowest BCUT2D eigenvalue weighted by atomic mass is 9.93. The van der Waals surface area contributed by atoms with Gasteiger partial charge >= 0.3 is 0 Å². The molecule has 1 fully saturated rings. The van der Waals surface area contributed by atoms with Crippen molar-refractivity contribution in [3.05, 3.63) is 24.3 Å². The van der Waals surface area contributed by atoms with Gasteiger partial charge in [0.25, 0.3) is 0 Å². The first kappa shape index (κ1) is 55.7. The van der Waals surface area contributed by atoms with Gasteiger partial charge < -0.3 is 40.7 Å². The van der Waals surface area contributed by atoms with Crippen LogP contribution in [0.25, 0.3) is 0 Å². The largest absolute Gasteiger partial charge is 0.394 e. The standard InChI is InChI=1S/C50H95NO8/c1-3-5-7-9-11-13-14-15-16-17-18-19-20-21-22-23-24-25-26-27-28-29-30-32-34-36-38-46(54)51-42(39-40-44-48(56)50(58)49(57)45(41-52)59-44)47(55)43(53)37-35-33-31-12-10-8-6-4-2/h25-26,39-40,42-45,47-50,52-53,55-58H,3-24,27-38,41H2,1-2H3,(H,51,54)/b26-25-,40-39+/t42-,43+,44+,45?,47-,48?,49-,50+/m0/s1. The van der Waals surface area contributed by atoms with Gasteiger partial charge in [0.05, 0.1) is 18.8 Å². The number of ether oxygens (including phenoxy) is 1. The van der Waals surface area contributed by atoms with E-state index in [1.807, 2.05) is 0 Å². The highest BCUT2D eigenvalue weighted by molar-refractivity contribution is 5.76. The summed E-state index contributed by atoms with van der Waals surface area (Å²) in [5, 5.41) is 65.2. The summed E-state index contributed by atoms with van der Waals surface area (Å²) in [5.74, 6) is -0.235. The first-order chi connectivity index (χ1) is 28.8. The highest BCUT2D eigenvalue weighted by Gasteiger charge is 2.42. The third kappa shape index (κ3) is 29.6. The predicted octanol–water partition coefficient (Wildman–Crippen LogP) is 10.5. The molecule has 1 saturated heterocycles. The van der Waals surface area contributed by atoms with Crippen LogP contribution in [0.2, 0.25) is 0 Å². The van der Waals surface area contributed by atoms with Gasteiger partial charge in [-0.25, -0.2) is 0 Å². The van der Waals surface area contributed by atoms with Crippen molar-refractivity contribution >= 4 is 5.91 Å². The zero-order chi connectivity index (χ0) is 43.2. The molecular formula is C50H95NO8. The van der Waals surface area contributed by atoms with Crippen LogP contribution < -0.4 is 5.32 Å². The van der Waals surface area contributed by atoms with Crippen molar-refractivity contribution in [2.24, 2.45) is 0 Å². The molecule has 0 aliphatic carbocycles. The van der Waals surface area contributed by atoms with Gasteiger partial charge in [-0.05, 0) is 38.5 Å². The summed E-state index contributed by atoms with van der Waals surface area (Å²) in [4.78, 5) is 13.0. The summed E-state index contributed by atoms with van der Waals surface area (Å²) in [5.41, 5.74) is 0. The molecule has 1 amide bonds. The smallest absolute Gasteiger partial charge is 0.220 e. The van der Waals surface area contributed by atoms with Gasteiger partial charge in [0, 0.05) is 6.42 Å². The Morgan fingerprint density at radius 2 is 0.966 bits per heavy atom. The average Bonchev–Trinajstić information content (AvgIpc) is 3.23. The molecule has 1 aliphatic rings. The number of nitrogens with one attached hydrogen (secondary N) is 1. The van der Waals surface area contributed by atoms with Gasteiger partial charge in [0.15, 0.2) is 0 Å². The molecule has 348 valence electrons. The molecule has 0 aromatic rings. The van der Waals surface area contributed by atoms with E-state index in [2.05, 4.69) is 31.3 Å². The second-order valence-corrected chi connectivity index (χ2v) is 17.8. The van der Waals surface area contributed by atoms with Crippen LogP contribution in [0.5, 0.6) is 0 Å². The van der Waals surface area contributed by atoms with Crippen LogP contribution >= 0.6 is 0 Å². The van der Waals surface area contributed by atoms with Crippen molar-refractivity contribution in [2.45, 2.75) is 281 Å². The molecule has 1 aliphatic heterocycles. The maximum Gasteiger partial charge on any atom is 0.220 e. The molecule has 0 bridgehead atoms. The molecule has 0 spiro atoms. The van der Waals surface area contributed by atoms with E-state index in [9.17, 15) is 35.4 Å².